The minimum absolute atomic E-state index is 0.288. The second kappa shape index (κ2) is 4.79. The lowest BCUT2D eigenvalue weighted by atomic mass is 9.91. The minimum atomic E-state index is -0.288. The normalized spacial score (nSPS) is 15.7. The number of hydrogen-bond donors (Lipinski definition) is 0. The van der Waals surface area contributed by atoms with Crippen molar-refractivity contribution < 1.29 is 0 Å². The quantitative estimate of drug-likeness (QED) is 0.705. The lowest BCUT2D eigenvalue weighted by Crippen LogP contribution is -1.98. The average molecular weight is 258 g/mol. The number of nitrogens with zero attached hydrogens (tertiary/aromatic N) is 2. The van der Waals surface area contributed by atoms with Gasteiger partial charge in [-0.1, -0.05) is 54.6 Å². The van der Waals surface area contributed by atoms with E-state index in [9.17, 15) is 0 Å². The van der Waals surface area contributed by atoms with Gasteiger partial charge in [-0.3, -0.25) is 4.99 Å². The van der Waals surface area contributed by atoms with Gasteiger partial charge in [0.25, 0.3) is 0 Å². The maximum absolute atomic E-state index is 9.14. The zero-order valence-electron chi connectivity index (χ0n) is 11.3. The molecule has 3 rings (SSSR count). The number of nitriles is 1. The summed E-state index contributed by atoms with van der Waals surface area (Å²) >= 11 is 0. The number of aryl methyl sites for hydroxylation is 1. The zero-order chi connectivity index (χ0) is 14.1. The van der Waals surface area contributed by atoms with E-state index in [-0.39, 0.29) is 6.04 Å². The van der Waals surface area contributed by atoms with Gasteiger partial charge in [0.1, 0.15) is 6.04 Å². The summed E-state index contributed by atoms with van der Waals surface area (Å²) < 4.78 is 0. The Morgan fingerprint density at radius 3 is 2.80 bits per heavy atom. The van der Waals surface area contributed by atoms with Gasteiger partial charge in [0.15, 0.2) is 0 Å². The molecule has 0 N–H and O–H groups in total. The summed E-state index contributed by atoms with van der Waals surface area (Å²) in [6, 6.07) is 16.3. The largest absolute Gasteiger partial charge is 0.279 e. The van der Waals surface area contributed by atoms with Crippen LogP contribution < -0.4 is 0 Å². The predicted octanol–water partition coefficient (Wildman–Crippen LogP) is 4.22. The van der Waals surface area contributed by atoms with Crippen LogP contribution in [0.4, 0.5) is 0 Å². The summed E-state index contributed by atoms with van der Waals surface area (Å²) in [7, 11) is 0. The molecule has 0 aliphatic carbocycles. The molecule has 0 spiro atoms. The van der Waals surface area contributed by atoms with E-state index < -0.39 is 0 Å². The Kier molecular flexibility index (Phi) is 2.96. The van der Waals surface area contributed by atoms with Crippen molar-refractivity contribution in [2.45, 2.75) is 13.0 Å². The fraction of sp³-hybridized carbons (Fsp3) is 0.111. The first kappa shape index (κ1) is 12.4. The summed E-state index contributed by atoms with van der Waals surface area (Å²) in [5, 5.41) is 9.14. The van der Waals surface area contributed by atoms with Gasteiger partial charge < -0.3 is 0 Å². The number of hydrogen-bond acceptors (Lipinski definition) is 2. The molecule has 1 atom stereocenters. The van der Waals surface area contributed by atoms with Crippen LogP contribution in [-0.2, 0) is 0 Å². The van der Waals surface area contributed by atoms with E-state index in [1.807, 2.05) is 24.4 Å². The van der Waals surface area contributed by atoms with Gasteiger partial charge in [-0.2, -0.15) is 5.26 Å². The second-order valence-electron chi connectivity index (χ2n) is 5.00. The van der Waals surface area contributed by atoms with E-state index in [1.165, 1.54) is 5.56 Å². The van der Waals surface area contributed by atoms with Crippen molar-refractivity contribution in [3.63, 3.8) is 0 Å². The van der Waals surface area contributed by atoms with Crippen molar-refractivity contribution in [3.05, 3.63) is 71.3 Å². The monoisotopic (exact) mass is 258 g/mol. The highest BCUT2D eigenvalue weighted by Crippen LogP contribution is 2.37. The summed E-state index contributed by atoms with van der Waals surface area (Å²) in [6.07, 6.45) is 1.85. The number of fused-ring (bicyclic) bond motifs is 3. The smallest absolute Gasteiger partial charge is 0.110 e. The zero-order valence-corrected chi connectivity index (χ0v) is 11.3. The Bertz CT molecular complexity index is 763. The molecular formula is C18H14N2. The topological polar surface area (TPSA) is 36.1 Å². The van der Waals surface area contributed by atoms with Crippen molar-refractivity contribution in [1.29, 1.82) is 5.26 Å². The Labute approximate surface area is 118 Å². The van der Waals surface area contributed by atoms with Crippen LogP contribution in [0.25, 0.3) is 11.1 Å². The van der Waals surface area contributed by atoms with Crippen molar-refractivity contribution in [3.8, 4) is 17.2 Å². The van der Waals surface area contributed by atoms with Crippen LogP contribution in [0.5, 0.6) is 0 Å². The van der Waals surface area contributed by atoms with Crippen LogP contribution in [0.3, 0.4) is 0 Å². The van der Waals surface area contributed by atoms with Crippen molar-refractivity contribution in [2.75, 3.05) is 0 Å². The molecule has 0 saturated heterocycles. The Hall–Kier alpha value is -2.66. The maximum atomic E-state index is 9.14. The molecule has 0 amide bonds. The highest BCUT2D eigenvalue weighted by Gasteiger charge is 2.21. The van der Waals surface area contributed by atoms with E-state index in [0.29, 0.717) is 5.57 Å². The molecule has 2 aromatic rings. The number of rotatable bonds is 1. The standard InChI is InChI=1S/C18H14N2/c1-12-7-8-14-11-20-18(13(2)10-19)16-6-4-3-5-15(16)17(14)9-12/h3-9,11,18H,2H2,1H3. The minimum Gasteiger partial charge on any atom is -0.279 e. The Morgan fingerprint density at radius 1 is 1.20 bits per heavy atom. The average Bonchev–Trinajstić information content (AvgIpc) is 2.64. The van der Waals surface area contributed by atoms with E-state index in [1.54, 1.807) is 0 Å². The van der Waals surface area contributed by atoms with Crippen LogP contribution in [0.2, 0.25) is 0 Å². The lowest BCUT2D eigenvalue weighted by Gasteiger charge is -2.14. The van der Waals surface area contributed by atoms with Crippen molar-refractivity contribution in [1.82, 2.24) is 0 Å². The first-order valence-corrected chi connectivity index (χ1v) is 6.52. The highest BCUT2D eigenvalue weighted by molar-refractivity contribution is 5.93. The molecule has 1 unspecified atom stereocenters. The second-order valence-corrected chi connectivity index (χ2v) is 5.00. The number of benzene rings is 2. The van der Waals surface area contributed by atoms with Gasteiger partial charge in [-0.15, -0.1) is 0 Å². The Morgan fingerprint density at radius 2 is 2.00 bits per heavy atom. The molecule has 2 aromatic carbocycles. The van der Waals surface area contributed by atoms with Crippen LogP contribution in [0.1, 0.15) is 22.7 Å². The van der Waals surface area contributed by atoms with Crippen LogP contribution in [0.15, 0.2) is 59.6 Å². The summed E-state index contributed by atoms with van der Waals surface area (Å²) in [5.74, 6) is 0. The summed E-state index contributed by atoms with van der Waals surface area (Å²) in [5.41, 5.74) is 6.10. The fourth-order valence-electron chi connectivity index (χ4n) is 2.57. The Balaban J connectivity index is 2.30. The van der Waals surface area contributed by atoms with Crippen molar-refractivity contribution in [2.24, 2.45) is 4.99 Å². The van der Waals surface area contributed by atoms with E-state index in [2.05, 4.69) is 48.8 Å². The SMILES string of the molecule is C=C(C#N)C1N=Cc2ccc(C)cc2-c2ccccc21. The summed E-state index contributed by atoms with van der Waals surface area (Å²) in [6.45, 7) is 5.92. The number of aliphatic imine (C=N–C) groups is 1. The van der Waals surface area contributed by atoms with Crippen LogP contribution >= 0.6 is 0 Å². The van der Waals surface area contributed by atoms with Gasteiger partial charge in [0, 0.05) is 11.8 Å². The molecule has 0 aromatic heterocycles. The molecule has 2 nitrogen and oxygen atoms in total. The first-order chi connectivity index (χ1) is 9.70. The van der Waals surface area contributed by atoms with Crippen LogP contribution in [0, 0.1) is 18.3 Å². The van der Waals surface area contributed by atoms with Crippen LogP contribution in [-0.4, -0.2) is 6.21 Å². The molecule has 2 heteroatoms. The molecule has 1 heterocycles. The lowest BCUT2D eigenvalue weighted by molar-refractivity contribution is 0.890. The highest BCUT2D eigenvalue weighted by atomic mass is 14.8. The molecule has 1 aliphatic heterocycles. The van der Waals surface area contributed by atoms with Gasteiger partial charge in [0.2, 0.25) is 0 Å². The fourth-order valence-corrected chi connectivity index (χ4v) is 2.57. The van der Waals surface area contributed by atoms with Gasteiger partial charge in [-0.05, 0) is 23.6 Å². The molecule has 96 valence electrons. The molecule has 0 radical (unpaired) electrons. The third-order valence-corrected chi connectivity index (χ3v) is 3.59. The predicted molar refractivity (Wildman–Crippen MR) is 81.7 cm³/mol. The molecule has 20 heavy (non-hydrogen) atoms. The molecule has 0 bridgehead atoms. The third-order valence-electron chi connectivity index (χ3n) is 3.59. The maximum Gasteiger partial charge on any atom is 0.110 e. The van der Waals surface area contributed by atoms with Gasteiger partial charge in [0.05, 0.1) is 11.6 Å². The van der Waals surface area contributed by atoms with Gasteiger partial charge in [-0.25, -0.2) is 0 Å². The first-order valence-electron chi connectivity index (χ1n) is 6.52. The third kappa shape index (κ3) is 1.94. The molecule has 1 aliphatic rings. The molecule has 0 fully saturated rings. The van der Waals surface area contributed by atoms with E-state index in [4.69, 9.17) is 5.26 Å². The van der Waals surface area contributed by atoms with E-state index >= 15 is 0 Å². The molecule has 0 saturated carbocycles. The van der Waals surface area contributed by atoms with Gasteiger partial charge >= 0.3 is 0 Å². The van der Waals surface area contributed by atoms with E-state index in [0.717, 1.165) is 22.3 Å². The van der Waals surface area contributed by atoms with Crippen molar-refractivity contribution >= 4 is 6.21 Å². The summed E-state index contributed by atoms with van der Waals surface area (Å²) in [4.78, 5) is 4.56. The molecular weight excluding hydrogens is 244 g/mol.